The van der Waals surface area contributed by atoms with Crippen molar-refractivity contribution in [2.75, 3.05) is 6.54 Å². The summed E-state index contributed by atoms with van der Waals surface area (Å²) in [5.41, 5.74) is 2.68. The van der Waals surface area contributed by atoms with E-state index in [1.165, 1.54) is 49.7 Å². The Morgan fingerprint density at radius 3 is 2.60 bits per heavy atom. The van der Waals surface area contributed by atoms with Crippen LogP contribution in [0.5, 0.6) is 0 Å². The highest BCUT2D eigenvalue weighted by atomic mass is 19.1. The Morgan fingerprint density at radius 2 is 1.85 bits per heavy atom. The third-order valence-corrected chi connectivity index (χ3v) is 4.00. The Labute approximate surface area is 122 Å². The molecule has 1 aliphatic rings. The molecule has 1 N–H and O–H groups in total. The van der Waals surface area contributed by atoms with Crippen LogP contribution in [0.1, 0.15) is 63.5 Å². The minimum absolute atomic E-state index is 0.158. The average molecular weight is 275 g/mol. The molecule has 0 saturated carbocycles. The molecule has 110 valence electrons. The maximum atomic E-state index is 13.1. The van der Waals surface area contributed by atoms with Crippen molar-refractivity contribution >= 4 is 0 Å². The first-order chi connectivity index (χ1) is 9.81. The summed E-state index contributed by atoms with van der Waals surface area (Å²) < 4.78 is 13.1. The summed E-state index contributed by atoms with van der Waals surface area (Å²) in [6, 6.07) is 7.23. The van der Waals surface area contributed by atoms with E-state index in [4.69, 9.17) is 0 Å². The van der Waals surface area contributed by atoms with Gasteiger partial charge in [-0.2, -0.15) is 0 Å². The van der Waals surface area contributed by atoms with Crippen LogP contribution in [-0.4, -0.2) is 6.54 Å². The van der Waals surface area contributed by atoms with Crippen molar-refractivity contribution < 1.29 is 4.39 Å². The van der Waals surface area contributed by atoms with E-state index in [2.05, 4.69) is 18.3 Å². The second kappa shape index (κ2) is 8.21. The topological polar surface area (TPSA) is 12.0 Å². The minimum atomic E-state index is -0.158. The Bertz CT molecular complexity index is 422. The lowest BCUT2D eigenvalue weighted by atomic mass is 9.91. The zero-order valence-electron chi connectivity index (χ0n) is 12.5. The Balaban J connectivity index is 2.18. The van der Waals surface area contributed by atoms with Crippen LogP contribution in [0.15, 0.2) is 35.9 Å². The second-order valence-corrected chi connectivity index (χ2v) is 5.67. The van der Waals surface area contributed by atoms with Gasteiger partial charge in [0.15, 0.2) is 0 Å². The van der Waals surface area contributed by atoms with Crippen LogP contribution in [0.3, 0.4) is 0 Å². The van der Waals surface area contributed by atoms with Crippen LogP contribution in [-0.2, 0) is 0 Å². The second-order valence-electron chi connectivity index (χ2n) is 5.67. The maximum absolute atomic E-state index is 13.1. The first kappa shape index (κ1) is 15.2. The summed E-state index contributed by atoms with van der Waals surface area (Å²) >= 11 is 0. The number of allylic oxidation sites excluding steroid dienone is 1. The van der Waals surface area contributed by atoms with E-state index in [1.807, 2.05) is 12.1 Å². The fourth-order valence-corrected chi connectivity index (χ4v) is 2.89. The molecule has 0 aromatic heterocycles. The molecule has 0 bridgehead atoms. The van der Waals surface area contributed by atoms with Crippen LogP contribution in [0.2, 0.25) is 0 Å². The van der Waals surface area contributed by atoms with Crippen molar-refractivity contribution in [3.05, 3.63) is 47.3 Å². The molecule has 0 fully saturated rings. The summed E-state index contributed by atoms with van der Waals surface area (Å²) in [5.74, 6) is -0.158. The van der Waals surface area contributed by atoms with Gasteiger partial charge in [-0.3, -0.25) is 0 Å². The zero-order valence-corrected chi connectivity index (χ0v) is 12.5. The van der Waals surface area contributed by atoms with Gasteiger partial charge in [-0.15, -0.1) is 0 Å². The van der Waals surface area contributed by atoms with Gasteiger partial charge in [-0.05, 0) is 56.3 Å². The summed E-state index contributed by atoms with van der Waals surface area (Å²) in [4.78, 5) is 0. The van der Waals surface area contributed by atoms with Gasteiger partial charge in [0, 0.05) is 0 Å². The Kier molecular flexibility index (Phi) is 6.25. The van der Waals surface area contributed by atoms with E-state index >= 15 is 0 Å². The van der Waals surface area contributed by atoms with E-state index < -0.39 is 0 Å². The summed E-state index contributed by atoms with van der Waals surface area (Å²) in [7, 11) is 0. The van der Waals surface area contributed by atoms with Crippen molar-refractivity contribution in [1.82, 2.24) is 5.32 Å². The number of hydrogen-bond acceptors (Lipinski definition) is 1. The molecule has 20 heavy (non-hydrogen) atoms. The summed E-state index contributed by atoms with van der Waals surface area (Å²) in [6.07, 6.45) is 11.1. The van der Waals surface area contributed by atoms with Gasteiger partial charge in [-0.1, -0.05) is 43.5 Å². The standard InChI is InChI=1S/C18H26FN/c1-2-14-20-18(16-10-12-17(19)13-11-16)15-8-6-4-3-5-7-9-15/h8,10-13,18,20H,2-7,9,14H2,1H3/b15-8+. The minimum Gasteiger partial charge on any atom is -0.307 e. The SMILES string of the molecule is CCCNC(/C1=C/CCCCCC1)c1ccc(F)cc1. The van der Waals surface area contributed by atoms with Crippen LogP contribution in [0.25, 0.3) is 0 Å². The largest absolute Gasteiger partial charge is 0.307 e. The highest BCUT2D eigenvalue weighted by molar-refractivity contribution is 5.29. The summed E-state index contributed by atoms with van der Waals surface area (Å²) in [5, 5.41) is 3.63. The van der Waals surface area contributed by atoms with Crippen molar-refractivity contribution in [2.24, 2.45) is 0 Å². The predicted molar refractivity (Wildman–Crippen MR) is 83.2 cm³/mol. The number of nitrogens with one attached hydrogen (secondary N) is 1. The fraction of sp³-hybridized carbons (Fsp3) is 0.556. The first-order valence-electron chi connectivity index (χ1n) is 7.99. The highest BCUT2D eigenvalue weighted by Gasteiger charge is 2.16. The normalized spacial score (nSPS) is 20.6. The smallest absolute Gasteiger partial charge is 0.123 e. The van der Waals surface area contributed by atoms with Gasteiger partial charge < -0.3 is 5.32 Å². The van der Waals surface area contributed by atoms with Crippen LogP contribution in [0, 0.1) is 5.82 Å². The zero-order chi connectivity index (χ0) is 14.2. The van der Waals surface area contributed by atoms with E-state index in [1.54, 1.807) is 12.1 Å². The van der Waals surface area contributed by atoms with E-state index in [0.717, 1.165) is 13.0 Å². The average Bonchev–Trinajstić information content (AvgIpc) is 2.42. The number of halogens is 1. The molecule has 1 unspecified atom stereocenters. The quantitative estimate of drug-likeness (QED) is 0.733. The molecule has 0 heterocycles. The Hall–Kier alpha value is -1.15. The molecule has 2 heteroatoms. The molecule has 0 amide bonds. The number of benzene rings is 1. The Morgan fingerprint density at radius 1 is 1.10 bits per heavy atom. The lowest BCUT2D eigenvalue weighted by molar-refractivity contribution is 0.539. The molecule has 1 aromatic carbocycles. The molecule has 1 atom stereocenters. The van der Waals surface area contributed by atoms with Crippen molar-refractivity contribution in [3.8, 4) is 0 Å². The van der Waals surface area contributed by atoms with Crippen LogP contribution < -0.4 is 5.32 Å². The molecule has 1 nitrogen and oxygen atoms in total. The van der Waals surface area contributed by atoms with Gasteiger partial charge in [0.2, 0.25) is 0 Å². The van der Waals surface area contributed by atoms with Gasteiger partial charge in [-0.25, -0.2) is 4.39 Å². The van der Waals surface area contributed by atoms with Gasteiger partial charge in [0.25, 0.3) is 0 Å². The number of rotatable bonds is 5. The lowest BCUT2D eigenvalue weighted by Gasteiger charge is -2.24. The third kappa shape index (κ3) is 4.45. The molecule has 1 aromatic rings. The fourth-order valence-electron chi connectivity index (χ4n) is 2.89. The van der Waals surface area contributed by atoms with E-state index in [-0.39, 0.29) is 11.9 Å². The van der Waals surface area contributed by atoms with Gasteiger partial charge in [0.1, 0.15) is 5.82 Å². The summed E-state index contributed by atoms with van der Waals surface area (Å²) in [6.45, 7) is 3.18. The van der Waals surface area contributed by atoms with Crippen molar-refractivity contribution in [1.29, 1.82) is 0 Å². The molecule has 0 spiro atoms. The molecular formula is C18H26FN. The van der Waals surface area contributed by atoms with Crippen LogP contribution in [0.4, 0.5) is 4.39 Å². The lowest BCUT2D eigenvalue weighted by Crippen LogP contribution is -2.24. The maximum Gasteiger partial charge on any atom is 0.123 e. The third-order valence-electron chi connectivity index (χ3n) is 4.00. The van der Waals surface area contributed by atoms with E-state index in [9.17, 15) is 4.39 Å². The molecular weight excluding hydrogens is 249 g/mol. The molecule has 2 rings (SSSR count). The molecule has 0 aliphatic heterocycles. The number of hydrogen-bond donors (Lipinski definition) is 1. The van der Waals surface area contributed by atoms with Gasteiger partial charge in [0.05, 0.1) is 6.04 Å². The van der Waals surface area contributed by atoms with E-state index in [0.29, 0.717) is 0 Å². The first-order valence-corrected chi connectivity index (χ1v) is 7.99. The monoisotopic (exact) mass is 275 g/mol. The van der Waals surface area contributed by atoms with Crippen LogP contribution >= 0.6 is 0 Å². The van der Waals surface area contributed by atoms with Gasteiger partial charge >= 0.3 is 0 Å². The highest BCUT2D eigenvalue weighted by Crippen LogP contribution is 2.29. The predicted octanol–water partition coefficient (Wildman–Crippen LogP) is 5.15. The molecule has 0 radical (unpaired) electrons. The molecule has 1 aliphatic carbocycles. The van der Waals surface area contributed by atoms with Crippen molar-refractivity contribution in [3.63, 3.8) is 0 Å². The van der Waals surface area contributed by atoms with Crippen molar-refractivity contribution in [2.45, 2.75) is 57.9 Å². The molecule has 0 saturated heterocycles.